The minimum absolute atomic E-state index is 0.245. The number of amides is 1. The van der Waals surface area contributed by atoms with E-state index < -0.39 is 0 Å². The standard InChI is InChI=1S/C17H20N2OS2/c20-17(16-10-14-2-1-3-15(14)22-16)19-7-5-18(6-8-19)11-13-4-9-21-12-13/h4,9-10,12H,1-3,5-8,11H2. The van der Waals surface area contributed by atoms with Crippen molar-refractivity contribution in [2.75, 3.05) is 26.2 Å². The molecule has 2 aliphatic rings. The lowest BCUT2D eigenvalue weighted by Gasteiger charge is -2.34. The molecule has 0 radical (unpaired) electrons. The van der Waals surface area contributed by atoms with Gasteiger partial charge >= 0.3 is 0 Å². The third-order valence-electron chi connectivity index (χ3n) is 4.60. The summed E-state index contributed by atoms with van der Waals surface area (Å²) in [4.78, 5) is 19.5. The normalized spacial score (nSPS) is 18.6. The highest BCUT2D eigenvalue weighted by Crippen LogP contribution is 2.31. The molecule has 5 heteroatoms. The van der Waals surface area contributed by atoms with Crippen LogP contribution in [-0.4, -0.2) is 41.9 Å². The van der Waals surface area contributed by atoms with Gasteiger partial charge in [0.15, 0.2) is 0 Å². The van der Waals surface area contributed by atoms with E-state index in [1.54, 1.807) is 22.7 Å². The predicted molar refractivity (Wildman–Crippen MR) is 91.8 cm³/mol. The quantitative estimate of drug-likeness (QED) is 0.861. The van der Waals surface area contributed by atoms with Crippen molar-refractivity contribution in [2.45, 2.75) is 25.8 Å². The summed E-state index contributed by atoms with van der Waals surface area (Å²) < 4.78 is 0. The van der Waals surface area contributed by atoms with E-state index in [2.05, 4.69) is 27.8 Å². The largest absolute Gasteiger partial charge is 0.335 e. The Morgan fingerprint density at radius 3 is 2.77 bits per heavy atom. The molecule has 0 spiro atoms. The molecular weight excluding hydrogens is 312 g/mol. The molecule has 2 aromatic heterocycles. The molecule has 1 saturated heterocycles. The van der Waals surface area contributed by atoms with E-state index in [4.69, 9.17) is 0 Å². The minimum Gasteiger partial charge on any atom is -0.335 e. The molecule has 2 aromatic rings. The summed E-state index contributed by atoms with van der Waals surface area (Å²) in [5, 5.41) is 4.34. The summed E-state index contributed by atoms with van der Waals surface area (Å²) in [5.41, 5.74) is 2.81. The van der Waals surface area contributed by atoms with Crippen molar-refractivity contribution in [1.82, 2.24) is 9.80 Å². The number of carbonyl (C=O) groups excluding carboxylic acids is 1. The van der Waals surface area contributed by atoms with Gasteiger partial charge in [-0.15, -0.1) is 11.3 Å². The van der Waals surface area contributed by atoms with Crippen LogP contribution in [0.3, 0.4) is 0 Å². The van der Waals surface area contributed by atoms with Crippen LogP contribution in [0.1, 0.15) is 32.1 Å². The second-order valence-electron chi connectivity index (χ2n) is 6.11. The number of piperazine rings is 1. The first-order chi connectivity index (χ1) is 10.8. The van der Waals surface area contributed by atoms with Crippen LogP contribution in [0.2, 0.25) is 0 Å². The van der Waals surface area contributed by atoms with Crippen molar-refractivity contribution in [3.8, 4) is 0 Å². The van der Waals surface area contributed by atoms with Crippen molar-refractivity contribution in [1.29, 1.82) is 0 Å². The highest BCUT2D eigenvalue weighted by Gasteiger charge is 2.25. The number of hydrogen-bond acceptors (Lipinski definition) is 4. The van der Waals surface area contributed by atoms with Gasteiger partial charge in [-0.2, -0.15) is 11.3 Å². The maximum Gasteiger partial charge on any atom is 0.264 e. The Balaban J connectivity index is 1.35. The summed E-state index contributed by atoms with van der Waals surface area (Å²) in [6.45, 7) is 4.68. The third-order valence-corrected chi connectivity index (χ3v) is 6.56. The molecule has 1 amide bonds. The van der Waals surface area contributed by atoms with E-state index in [1.807, 2.05) is 4.90 Å². The Bertz CT molecular complexity index is 633. The second kappa shape index (κ2) is 6.14. The van der Waals surface area contributed by atoms with E-state index in [1.165, 1.54) is 28.8 Å². The number of fused-ring (bicyclic) bond motifs is 1. The molecule has 22 heavy (non-hydrogen) atoms. The first-order valence-electron chi connectivity index (χ1n) is 7.94. The zero-order valence-electron chi connectivity index (χ0n) is 12.6. The molecule has 3 heterocycles. The number of rotatable bonds is 3. The smallest absolute Gasteiger partial charge is 0.264 e. The van der Waals surface area contributed by atoms with Gasteiger partial charge in [0.1, 0.15) is 0 Å². The van der Waals surface area contributed by atoms with Crippen molar-refractivity contribution in [3.05, 3.63) is 43.8 Å². The summed E-state index contributed by atoms with van der Waals surface area (Å²) in [5.74, 6) is 0.245. The third kappa shape index (κ3) is 2.85. The van der Waals surface area contributed by atoms with E-state index in [0.717, 1.165) is 44.0 Å². The average Bonchev–Trinajstić information content (AvgIpc) is 3.24. The molecule has 0 bridgehead atoms. The first kappa shape index (κ1) is 14.4. The molecule has 0 aromatic carbocycles. The molecule has 0 atom stereocenters. The molecule has 1 aliphatic heterocycles. The van der Waals surface area contributed by atoms with Crippen LogP contribution in [0, 0.1) is 0 Å². The van der Waals surface area contributed by atoms with Crippen LogP contribution in [0.5, 0.6) is 0 Å². The van der Waals surface area contributed by atoms with E-state index in [-0.39, 0.29) is 5.91 Å². The Hall–Kier alpha value is -1.17. The maximum atomic E-state index is 12.6. The summed E-state index contributed by atoms with van der Waals surface area (Å²) in [6.07, 6.45) is 3.59. The summed E-state index contributed by atoms with van der Waals surface area (Å²) >= 11 is 3.48. The number of hydrogen-bond donors (Lipinski definition) is 0. The Morgan fingerprint density at radius 1 is 1.18 bits per heavy atom. The minimum atomic E-state index is 0.245. The van der Waals surface area contributed by atoms with Gasteiger partial charge in [-0.1, -0.05) is 0 Å². The number of aryl methyl sites for hydroxylation is 2. The van der Waals surface area contributed by atoms with Crippen LogP contribution in [-0.2, 0) is 19.4 Å². The first-order valence-corrected chi connectivity index (χ1v) is 9.70. The lowest BCUT2D eigenvalue weighted by atomic mass is 10.2. The van der Waals surface area contributed by atoms with E-state index >= 15 is 0 Å². The van der Waals surface area contributed by atoms with Gasteiger partial charge in [-0.05, 0) is 53.3 Å². The SMILES string of the molecule is O=C(c1cc2c(s1)CCC2)N1CCN(Cc2ccsc2)CC1. The fourth-order valence-corrected chi connectivity index (χ4v) is 5.22. The van der Waals surface area contributed by atoms with Crippen LogP contribution in [0.25, 0.3) is 0 Å². The lowest BCUT2D eigenvalue weighted by Crippen LogP contribution is -2.48. The van der Waals surface area contributed by atoms with Crippen LogP contribution < -0.4 is 0 Å². The van der Waals surface area contributed by atoms with E-state index in [0.29, 0.717) is 0 Å². The van der Waals surface area contributed by atoms with Gasteiger partial charge < -0.3 is 4.90 Å². The number of carbonyl (C=O) groups is 1. The second-order valence-corrected chi connectivity index (χ2v) is 8.03. The Kier molecular flexibility index (Phi) is 4.03. The highest BCUT2D eigenvalue weighted by atomic mass is 32.1. The monoisotopic (exact) mass is 332 g/mol. The van der Waals surface area contributed by atoms with E-state index in [9.17, 15) is 4.79 Å². The molecule has 1 aliphatic carbocycles. The average molecular weight is 332 g/mol. The maximum absolute atomic E-state index is 12.6. The highest BCUT2D eigenvalue weighted by molar-refractivity contribution is 7.14. The molecule has 116 valence electrons. The van der Waals surface area contributed by atoms with Crippen molar-refractivity contribution in [2.24, 2.45) is 0 Å². The van der Waals surface area contributed by atoms with Gasteiger partial charge in [-0.25, -0.2) is 0 Å². The molecule has 0 unspecified atom stereocenters. The topological polar surface area (TPSA) is 23.6 Å². The van der Waals surface area contributed by atoms with Crippen LogP contribution in [0.4, 0.5) is 0 Å². The molecule has 0 N–H and O–H groups in total. The zero-order valence-corrected chi connectivity index (χ0v) is 14.2. The van der Waals surface area contributed by atoms with Gasteiger partial charge in [0.25, 0.3) is 5.91 Å². The Labute approximate surface area is 139 Å². The molecule has 0 saturated carbocycles. The zero-order chi connectivity index (χ0) is 14.9. The molecule has 3 nitrogen and oxygen atoms in total. The molecule has 4 rings (SSSR count). The summed E-state index contributed by atoms with van der Waals surface area (Å²) in [7, 11) is 0. The Morgan fingerprint density at radius 2 is 2.05 bits per heavy atom. The lowest BCUT2D eigenvalue weighted by molar-refractivity contribution is 0.0633. The van der Waals surface area contributed by atoms with Crippen LogP contribution >= 0.6 is 22.7 Å². The van der Waals surface area contributed by atoms with Gasteiger partial charge in [0.2, 0.25) is 0 Å². The summed E-state index contributed by atoms with van der Waals surface area (Å²) in [6, 6.07) is 4.34. The van der Waals surface area contributed by atoms with Crippen molar-refractivity contribution in [3.63, 3.8) is 0 Å². The van der Waals surface area contributed by atoms with Crippen molar-refractivity contribution < 1.29 is 4.79 Å². The van der Waals surface area contributed by atoms with Gasteiger partial charge in [0, 0.05) is 37.6 Å². The fourth-order valence-electron chi connectivity index (χ4n) is 3.34. The van der Waals surface area contributed by atoms with Crippen molar-refractivity contribution >= 4 is 28.6 Å². The van der Waals surface area contributed by atoms with Crippen LogP contribution in [0.15, 0.2) is 22.9 Å². The number of nitrogens with zero attached hydrogens (tertiary/aromatic N) is 2. The fraction of sp³-hybridized carbons (Fsp3) is 0.471. The number of thiophene rings is 2. The molecular formula is C17H20N2OS2. The predicted octanol–water partition coefficient (Wildman–Crippen LogP) is 3.26. The molecule has 1 fully saturated rings. The van der Waals surface area contributed by atoms with Gasteiger partial charge in [0.05, 0.1) is 4.88 Å². The van der Waals surface area contributed by atoms with Gasteiger partial charge in [-0.3, -0.25) is 9.69 Å².